The predicted molar refractivity (Wildman–Crippen MR) is 91.0 cm³/mol. The van der Waals surface area contributed by atoms with Gasteiger partial charge in [-0.25, -0.2) is 14.2 Å². The lowest BCUT2D eigenvalue weighted by Crippen LogP contribution is -2.29. The van der Waals surface area contributed by atoms with Crippen LogP contribution in [0, 0.1) is 12.7 Å². The zero-order valence-electron chi connectivity index (χ0n) is 13.1. The molecule has 0 unspecified atom stereocenters. The minimum atomic E-state index is -1.07. The SMILES string of the molecule is CC[C@H](C(=O)O)n1cnc2sc(C)c(-c3ccc(F)cc3)c2c1=O. The number of carboxylic acids is 1. The van der Waals surface area contributed by atoms with Gasteiger partial charge in [0.25, 0.3) is 5.56 Å². The van der Waals surface area contributed by atoms with Crippen molar-refractivity contribution in [2.24, 2.45) is 0 Å². The van der Waals surface area contributed by atoms with E-state index in [-0.39, 0.29) is 12.2 Å². The highest BCUT2D eigenvalue weighted by molar-refractivity contribution is 7.19. The maximum atomic E-state index is 13.2. The number of halogens is 1. The Morgan fingerprint density at radius 2 is 2.04 bits per heavy atom. The number of rotatable bonds is 4. The van der Waals surface area contributed by atoms with Crippen molar-refractivity contribution in [3.63, 3.8) is 0 Å². The summed E-state index contributed by atoms with van der Waals surface area (Å²) in [5.74, 6) is -1.43. The van der Waals surface area contributed by atoms with Crippen LogP contribution in [-0.4, -0.2) is 20.6 Å². The van der Waals surface area contributed by atoms with Crippen molar-refractivity contribution in [1.82, 2.24) is 9.55 Å². The Bertz CT molecular complexity index is 976. The molecule has 0 aliphatic rings. The molecule has 2 heterocycles. The number of hydrogen-bond acceptors (Lipinski definition) is 4. The first-order valence-electron chi connectivity index (χ1n) is 7.43. The van der Waals surface area contributed by atoms with Gasteiger partial charge in [0.15, 0.2) is 0 Å². The zero-order valence-corrected chi connectivity index (χ0v) is 13.9. The molecule has 0 spiro atoms. The third-order valence-corrected chi connectivity index (χ3v) is 4.97. The molecule has 0 aliphatic carbocycles. The van der Waals surface area contributed by atoms with Gasteiger partial charge in [-0.1, -0.05) is 19.1 Å². The summed E-state index contributed by atoms with van der Waals surface area (Å²) >= 11 is 1.36. The zero-order chi connectivity index (χ0) is 17.4. The topological polar surface area (TPSA) is 72.2 Å². The first-order valence-corrected chi connectivity index (χ1v) is 8.24. The molecule has 3 rings (SSSR count). The molecule has 1 N–H and O–H groups in total. The first kappa shape index (κ1) is 16.3. The lowest BCUT2D eigenvalue weighted by atomic mass is 10.0. The summed E-state index contributed by atoms with van der Waals surface area (Å²) in [7, 11) is 0. The van der Waals surface area contributed by atoms with E-state index in [2.05, 4.69) is 4.98 Å². The smallest absolute Gasteiger partial charge is 0.326 e. The summed E-state index contributed by atoms with van der Waals surface area (Å²) in [4.78, 5) is 30.0. The summed E-state index contributed by atoms with van der Waals surface area (Å²) in [5.41, 5.74) is 1.00. The van der Waals surface area contributed by atoms with Crippen LogP contribution in [0.2, 0.25) is 0 Å². The van der Waals surface area contributed by atoms with Crippen LogP contribution in [0.1, 0.15) is 24.3 Å². The van der Waals surface area contributed by atoms with Crippen LogP contribution in [0.4, 0.5) is 4.39 Å². The summed E-state index contributed by atoms with van der Waals surface area (Å²) in [6.07, 6.45) is 1.56. The van der Waals surface area contributed by atoms with Crippen LogP contribution >= 0.6 is 11.3 Å². The van der Waals surface area contributed by atoms with E-state index < -0.39 is 17.6 Å². The van der Waals surface area contributed by atoms with Gasteiger partial charge in [0.05, 0.1) is 11.7 Å². The van der Waals surface area contributed by atoms with Crippen molar-refractivity contribution >= 4 is 27.5 Å². The van der Waals surface area contributed by atoms with Crippen LogP contribution in [0.5, 0.6) is 0 Å². The standard InChI is InChI=1S/C17H15FN2O3S/c1-3-12(17(22)23)20-8-19-15-14(16(20)21)13(9(2)24-15)10-4-6-11(18)7-5-10/h4-8,12H,3H2,1-2H3,(H,22,23)/t12-/m1/s1. The number of aliphatic carboxylic acids is 1. The summed E-state index contributed by atoms with van der Waals surface area (Å²) in [6, 6.07) is 4.92. The quantitative estimate of drug-likeness (QED) is 0.783. The Balaban J connectivity index is 2.31. The fraction of sp³-hybridized carbons (Fsp3) is 0.235. The third kappa shape index (κ3) is 2.60. The molecule has 0 saturated carbocycles. The molecule has 124 valence electrons. The molecular weight excluding hydrogens is 331 g/mol. The minimum Gasteiger partial charge on any atom is -0.480 e. The van der Waals surface area contributed by atoms with Crippen molar-refractivity contribution in [2.75, 3.05) is 0 Å². The van der Waals surface area contributed by atoms with Gasteiger partial charge < -0.3 is 5.11 Å². The average Bonchev–Trinajstić information content (AvgIpc) is 2.88. The summed E-state index contributed by atoms with van der Waals surface area (Å²) in [6.45, 7) is 3.57. The highest BCUT2D eigenvalue weighted by Gasteiger charge is 2.23. The average molecular weight is 346 g/mol. The number of aromatic nitrogens is 2. The normalized spacial score (nSPS) is 12.5. The monoisotopic (exact) mass is 346 g/mol. The molecule has 0 fully saturated rings. The second-order valence-electron chi connectivity index (χ2n) is 5.44. The lowest BCUT2D eigenvalue weighted by Gasteiger charge is -2.13. The van der Waals surface area contributed by atoms with Crippen molar-refractivity contribution in [2.45, 2.75) is 26.3 Å². The second-order valence-corrected chi connectivity index (χ2v) is 6.64. The van der Waals surface area contributed by atoms with Gasteiger partial charge >= 0.3 is 5.97 Å². The van der Waals surface area contributed by atoms with Gasteiger partial charge in [-0.05, 0) is 31.0 Å². The van der Waals surface area contributed by atoms with Crippen LogP contribution < -0.4 is 5.56 Å². The summed E-state index contributed by atoms with van der Waals surface area (Å²) in [5, 5.41) is 9.70. The molecule has 0 amide bonds. The number of nitrogens with zero attached hydrogens (tertiary/aromatic N) is 2. The van der Waals surface area contributed by atoms with Gasteiger partial charge in [0.2, 0.25) is 0 Å². The van der Waals surface area contributed by atoms with Crippen LogP contribution in [-0.2, 0) is 4.79 Å². The van der Waals surface area contributed by atoms with E-state index in [9.17, 15) is 19.1 Å². The third-order valence-electron chi connectivity index (χ3n) is 3.95. The second kappa shape index (κ2) is 6.16. The maximum absolute atomic E-state index is 13.2. The lowest BCUT2D eigenvalue weighted by molar-refractivity contribution is -0.141. The van der Waals surface area contributed by atoms with Crippen LogP contribution in [0.25, 0.3) is 21.3 Å². The number of carbonyl (C=O) groups is 1. The molecule has 0 aliphatic heterocycles. The van der Waals surface area contributed by atoms with E-state index in [1.165, 1.54) is 29.8 Å². The van der Waals surface area contributed by atoms with Crippen LogP contribution in [0.3, 0.4) is 0 Å². The predicted octanol–water partition coefficient (Wildman–Crippen LogP) is 3.61. The van der Waals surface area contributed by atoms with Gasteiger partial charge in [0, 0.05) is 10.4 Å². The molecular formula is C17H15FN2O3S. The molecule has 3 aromatic rings. The minimum absolute atomic E-state index is 0.275. The van der Waals surface area contributed by atoms with Crippen molar-refractivity contribution in [1.29, 1.82) is 0 Å². The van der Waals surface area contributed by atoms with Gasteiger partial charge in [0.1, 0.15) is 16.7 Å². The van der Waals surface area contributed by atoms with E-state index in [1.807, 2.05) is 6.92 Å². The van der Waals surface area contributed by atoms with Gasteiger partial charge in [-0.2, -0.15) is 0 Å². The molecule has 0 bridgehead atoms. The van der Waals surface area contributed by atoms with E-state index >= 15 is 0 Å². The summed E-state index contributed by atoms with van der Waals surface area (Å²) < 4.78 is 14.3. The number of hydrogen-bond donors (Lipinski definition) is 1. The van der Waals surface area contributed by atoms with E-state index in [1.54, 1.807) is 19.1 Å². The Kier molecular flexibility index (Phi) is 4.19. The Labute approximate surface area is 141 Å². The molecule has 0 saturated heterocycles. The largest absolute Gasteiger partial charge is 0.480 e. The highest BCUT2D eigenvalue weighted by Crippen LogP contribution is 2.35. The number of aryl methyl sites for hydroxylation is 1. The first-order chi connectivity index (χ1) is 11.4. The van der Waals surface area contributed by atoms with Crippen molar-refractivity contribution in [3.8, 4) is 11.1 Å². The number of carboxylic acid groups (broad SMARTS) is 1. The Hall–Kier alpha value is -2.54. The molecule has 24 heavy (non-hydrogen) atoms. The molecule has 0 radical (unpaired) electrons. The van der Waals surface area contributed by atoms with E-state index in [0.29, 0.717) is 21.3 Å². The van der Waals surface area contributed by atoms with E-state index in [0.717, 1.165) is 9.44 Å². The molecule has 2 aromatic heterocycles. The number of thiophene rings is 1. The molecule has 7 heteroatoms. The molecule has 1 atom stereocenters. The van der Waals surface area contributed by atoms with Crippen molar-refractivity contribution in [3.05, 3.63) is 51.6 Å². The molecule has 1 aromatic carbocycles. The fourth-order valence-electron chi connectivity index (χ4n) is 2.79. The Morgan fingerprint density at radius 1 is 1.38 bits per heavy atom. The van der Waals surface area contributed by atoms with Crippen molar-refractivity contribution < 1.29 is 14.3 Å². The van der Waals surface area contributed by atoms with Gasteiger partial charge in [-0.3, -0.25) is 9.36 Å². The van der Waals surface area contributed by atoms with Gasteiger partial charge in [-0.15, -0.1) is 11.3 Å². The highest BCUT2D eigenvalue weighted by atomic mass is 32.1. The van der Waals surface area contributed by atoms with Crippen LogP contribution in [0.15, 0.2) is 35.4 Å². The molecule has 5 nitrogen and oxygen atoms in total. The maximum Gasteiger partial charge on any atom is 0.326 e. The Morgan fingerprint density at radius 3 is 2.62 bits per heavy atom. The fourth-order valence-corrected chi connectivity index (χ4v) is 3.80. The number of benzene rings is 1. The number of fused-ring (bicyclic) bond motifs is 1. The van der Waals surface area contributed by atoms with E-state index in [4.69, 9.17) is 0 Å².